The molecule has 1 heterocycles. The van der Waals surface area contributed by atoms with Gasteiger partial charge in [0.25, 0.3) is 0 Å². The molecule has 0 fully saturated rings. The third-order valence-electron chi connectivity index (χ3n) is 1.96. The van der Waals surface area contributed by atoms with E-state index in [1.807, 2.05) is 12.1 Å². The van der Waals surface area contributed by atoms with Crippen LogP contribution in [0, 0.1) is 0 Å². The van der Waals surface area contributed by atoms with E-state index in [1.54, 1.807) is 6.92 Å². The number of halogens is 2. The van der Waals surface area contributed by atoms with Gasteiger partial charge >= 0.3 is 0 Å². The van der Waals surface area contributed by atoms with Crippen LogP contribution in [0.2, 0.25) is 5.02 Å². The van der Waals surface area contributed by atoms with Crippen molar-refractivity contribution in [3.63, 3.8) is 0 Å². The highest BCUT2D eigenvalue weighted by Crippen LogP contribution is 2.30. The van der Waals surface area contributed by atoms with E-state index >= 15 is 0 Å². The summed E-state index contributed by atoms with van der Waals surface area (Å²) < 4.78 is 0.812. The van der Waals surface area contributed by atoms with Crippen molar-refractivity contribution < 1.29 is 5.11 Å². The average molecular weight is 276 g/mol. The largest absolute Gasteiger partial charge is 0.385 e. The summed E-state index contributed by atoms with van der Waals surface area (Å²) in [5, 5.41) is 9.92. The van der Waals surface area contributed by atoms with E-state index in [0.717, 1.165) is 15.5 Å². The number of nitrogens with one attached hydrogen (secondary N) is 1. The molecule has 0 aliphatic carbocycles. The first-order valence-electron chi connectivity index (χ1n) is 4.11. The van der Waals surface area contributed by atoms with Gasteiger partial charge in [0, 0.05) is 4.47 Å². The minimum Gasteiger partial charge on any atom is -0.385 e. The highest BCUT2D eigenvalue weighted by Gasteiger charge is 2.11. The Bertz CT molecular complexity index is 481. The minimum atomic E-state index is -0.614. The normalized spacial score (nSPS) is 13.4. The number of hydrogen-bond donors (Lipinski definition) is 2. The first-order chi connectivity index (χ1) is 6.59. The molecule has 5 heteroatoms. The Kier molecular flexibility index (Phi) is 2.51. The molecule has 2 rings (SSSR count). The fraction of sp³-hybridized carbons (Fsp3) is 0.222. The first kappa shape index (κ1) is 9.96. The predicted octanol–water partition coefficient (Wildman–Crippen LogP) is 3.03. The molecule has 0 aliphatic heterocycles. The smallest absolute Gasteiger partial charge is 0.135 e. The third kappa shape index (κ3) is 1.54. The topological polar surface area (TPSA) is 48.9 Å². The molecule has 0 amide bonds. The Morgan fingerprint density at radius 2 is 2.29 bits per heavy atom. The van der Waals surface area contributed by atoms with Gasteiger partial charge in [0.05, 0.1) is 16.1 Å². The molecule has 1 atom stereocenters. The number of aliphatic hydroxyl groups is 1. The molecular weight excluding hydrogens is 267 g/mol. The number of benzene rings is 1. The van der Waals surface area contributed by atoms with Crippen molar-refractivity contribution in [2.24, 2.45) is 0 Å². The molecule has 0 spiro atoms. The van der Waals surface area contributed by atoms with Crippen LogP contribution in [-0.2, 0) is 0 Å². The summed E-state index contributed by atoms with van der Waals surface area (Å²) in [4.78, 5) is 7.18. The zero-order chi connectivity index (χ0) is 10.3. The van der Waals surface area contributed by atoms with Gasteiger partial charge in [0.2, 0.25) is 0 Å². The van der Waals surface area contributed by atoms with E-state index in [9.17, 15) is 5.11 Å². The van der Waals surface area contributed by atoms with Gasteiger partial charge in [-0.05, 0) is 35.0 Å². The number of H-pyrrole nitrogens is 1. The van der Waals surface area contributed by atoms with E-state index in [4.69, 9.17) is 11.6 Å². The van der Waals surface area contributed by atoms with Gasteiger partial charge in [-0.15, -0.1) is 0 Å². The van der Waals surface area contributed by atoms with E-state index < -0.39 is 6.10 Å². The number of aromatic nitrogens is 2. The lowest BCUT2D eigenvalue weighted by Gasteiger charge is -1.96. The van der Waals surface area contributed by atoms with Crippen LogP contribution in [0.5, 0.6) is 0 Å². The second kappa shape index (κ2) is 3.53. The standard InChI is InChI=1S/C9H8BrClN2O/c1-4(14)9-12-6-3-2-5(10)7(11)8(6)13-9/h2-4,14H,1H3,(H,12,13). The SMILES string of the molecule is CC(O)c1nc2ccc(Br)c(Cl)c2[nH]1. The van der Waals surface area contributed by atoms with Crippen LogP contribution in [0.1, 0.15) is 18.9 Å². The molecule has 1 aromatic carbocycles. The Morgan fingerprint density at radius 3 is 2.93 bits per heavy atom. The van der Waals surface area contributed by atoms with Crippen molar-refractivity contribution in [3.05, 3.63) is 27.5 Å². The molecule has 0 radical (unpaired) electrons. The van der Waals surface area contributed by atoms with Gasteiger partial charge in [0.1, 0.15) is 11.9 Å². The molecule has 3 nitrogen and oxygen atoms in total. The number of aromatic amines is 1. The highest BCUT2D eigenvalue weighted by atomic mass is 79.9. The van der Waals surface area contributed by atoms with Gasteiger partial charge in [-0.25, -0.2) is 4.98 Å². The van der Waals surface area contributed by atoms with Crippen molar-refractivity contribution in [1.29, 1.82) is 0 Å². The zero-order valence-electron chi connectivity index (χ0n) is 7.38. The summed E-state index contributed by atoms with van der Waals surface area (Å²) in [5.41, 5.74) is 1.51. The number of nitrogens with zero attached hydrogens (tertiary/aromatic N) is 1. The van der Waals surface area contributed by atoms with Crippen LogP contribution in [0.25, 0.3) is 11.0 Å². The van der Waals surface area contributed by atoms with Crippen molar-refractivity contribution in [2.45, 2.75) is 13.0 Å². The maximum absolute atomic E-state index is 9.34. The molecule has 0 aliphatic rings. The van der Waals surface area contributed by atoms with Gasteiger partial charge in [0.15, 0.2) is 0 Å². The Morgan fingerprint density at radius 1 is 1.57 bits per heavy atom. The number of fused-ring (bicyclic) bond motifs is 1. The number of aliphatic hydroxyl groups excluding tert-OH is 1. The van der Waals surface area contributed by atoms with E-state index in [0.29, 0.717) is 10.8 Å². The molecule has 0 bridgehead atoms. The van der Waals surface area contributed by atoms with E-state index in [2.05, 4.69) is 25.9 Å². The molecule has 2 aromatic rings. The van der Waals surface area contributed by atoms with Gasteiger partial charge in [-0.3, -0.25) is 0 Å². The summed E-state index contributed by atoms with van der Waals surface area (Å²) in [6, 6.07) is 3.67. The predicted molar refractivity (Wildman–Crippen MR) is 59.4 cm³/mol. The van der Waals surface area contributed by atoms with Gasteiger partial charge in [-0.2, -0.15) is 0 Å². The minimum absolute atomic E-state index is 0.528. The van der Waals surface area contributed by atoms with E-state index in [1.165, 1.54) is 0 Å². The lowest BCUT2D eigenvalue weighted by atomic mass is 10.3. The van der Waals surface area contributed by atoms with Gasteiger partial charge < -0.3 is 10.1 Å². The van der Waals surface area contributed by atoms with E-state index in [-0.39, 0.29) is 0 Å². The second-order valence-corrected chi connectivity index (χ2v) is 4.29. The summed E-state index contributed by atoms with van der Waals surface area (Å²) in [6.07, 6.45) is -0.614. The number of imidazole rings is 1. The van der Waals surface area contributed by atoms with Crippen molar-refractivity contribution >= 4 is 38.6 Å². The van der Waals surface area contributed by atoms with Crippen molar-refractivity contribution in [3.8, 4) is 0 Å². The quantitative estimate of drug-likeness (QED) is 0.840. The van der Waals surface area contributed by atoms with Crippen LogP contribution in [-0.4, -0.2) is 15.1 Å². The van der Waals surface area contributed by atoms with Crippen molar-refractivity contribution in [1.82, 2.24) is 9.97 Å². The van der Waals surface area contributed by atoms with Crippen molar-refractivity contribution in [2.75, 3.05) is 0 Å². The van der Waals surface area contributed by atoms with Gasteiger partial charge in [-0.1, -0.05) is 11.6 Å². The average Bonchev–Trinajstić information content (AvgIpc) is 2.56. The summed E-state index contributed by atoms with van der Waals surface area (Å²) >= 11 is 9.36. The van der Waals surface area contributed by atoms with Crippen LogP contribution in [0.15, 0.2) is 16.6 Å². The molecule has 14 heavy (non-hydrogen) atoms. The monoisotopic (exact) mass is 274 g/mol. The molecule has 0 saturated carbocycles. The molecular formula is C9H8BrClN2O. The van der Waals surface area contributed by atoms with Crippen LogP contribution >= 0.6 is 27.5 Å². The molecule has 2 N–H and O–H groups in total. The molecule has 1 unspecified atom stereocenters. The fourth-order valence-electron chi connectivity index (χ4n) is 1.24. The summed E-state index contributed by atoms with van der Waals surface area (Å²) in [7, 11) is 0. The highest BCUT2D eigenvalue weighted by molar-refractivity contribution is 9.10. The maximum Gasteiger partial charge on any atom is 0.135 e. The molecule has 0 saturated heterocycles. The zero-order valence-corrected chi connectivity index (χ0v) is 9.72. The Labute approximate surface area is 94.2 Å². The molecule has 74 valence electrons. The van der Waals surface area contributed by atoms with Crippen LogP contribution in [0.4, 0.5) is 0 Å². The molecule has 1 aromatic heterocycles. The number of hydrogen-bond acceptors (Lipinski definition) is 2. The van der Waals surface area contributed by atoms with Crippen LogP contribution < -0.4 is 0 Å². The van der Waals surface area contributed by atoms with Crippen LogP contribution in [0.3, 0.4) is 0 Å². The second-order valence-electron chi connectivity index (χ2n) is 3.05. The Hall–Kier alpha value is -0.580. The summed E-state index contributed by atoms with van der Waals surface area (Å²) in [6.45, 7) is 1.65. The number of rotatable bonds is 1. The lowest BCUT2D eigenvalue weighted by molar-refractivity contribution is 0.190. The maximum atomic E-state index is 9.34. The third-order valence-corrected chi connectivity index (χ3v) is 3.24. The first-order valence-corrected chi connectivity index (χ1v) is 5.28. The fourth-order valence-corrected chi connectivity index (χ4v) is 1.77. The lowest BCUT2D eigenvalue weighted by Crippen LogP contribution is -1.92. The summed E-state index contributed by atoms with van der Waals surface area (Å²) in [5.74, 6) is 0.528. The Balaban J connectivity index is 2.71.